The van der Waals surface area contributed by atoms with E-state index in [4.69, 9.17) is 4.98 Å². The van der Waals surface area contributed by atoms with Gasteiger partial charge in [0.2, 0.25) is 0 Å². The highest BCUT2D eigenvalue weighted by Crippen LogP contribution is 2.55. The van der Waals surface area contributed by atoms with Crippen LogP contribution in [0, 0.1) is 6.92 Å². The highest BCUT2D eigenvalue weighted by Gasteiger charge is 2.39. The molecule has 14 aromatic carbocycles. The highest BCUT2D eigenvalue weighted by atomic mass is 32.1. The van der Waals surface area contributed by atoms with Gasteiger partial charge in [-0.15, -0.1) is 34.0 Å². The minimum absolute atomic E-state index is 0.357. The topological polar surface area (TPSA) is 22.6 Å². The molecule has 4 heterocycles. The number of nitrogens with zero attached hydrogens (tertiary/aromatic N) is 4. The molecule has 0 unspecified atom stereocenters. The van der Waals surface area contributed by atoms with E-state index in [1.54, 1.807) is 0 Å². The van der Waals surface area contributed by atoms with E-state index in [-0.39, 0.29) is 6.71 Å². The summed E-state index contributed by atoms with van der Waals surface area (Å²) in [6, 6.07) is 144. The molecule has 0 spiro atoms. The van der Waals surface area contributed by atoms with Gasteiger partial charge < -0.3 is 14.7 Å². The number of aryl methyl sites for hydroxylation is 1. The van der Waals surface area contributed by atoms with Crippen molar-refractivity contribution in [3.63, 3.8) is 0 Å². The second-order valence-corrected chi connectivity index (χ2v) is 29.7. The summed E-state index contributed by atoms with van der Waals surface area (Å²) >= 11 is 5.64. The molecule has 0 bridgehead atoms. The Kier molecular flexibility index (Phi) is 18.0. The van der Waals surface area contributed by atoms with Gasteiger partial charge in [0.05, 0.1) is 5.52 Å². The lowest BCUT2D eigenvalue weighted by Gasteiger charge is -2.28. The van der Waals surface area contributed by atoms with Crippen LogP contribution in [0.5, 0.6) is 0 Å². The van der Waals surface area contributed by atoms with Crippen LogP contribution >= 0.6 is 34.0 Å². The summed E-state index contributed by atoms with van der Waals surface area (Å²) in [7, 11) is 0. The molecule has 0 amide bonds. The average Bonchev–Trinajstić information content (AvgIpc) is 1.57. The molecular formula is C98H69BN4S3. The molecular weight excluding hydrogens is 1340 g/mol. The van der Waals surface area contributed by atoms with Gasteiger partial charge in [-0.25, -0.2) is 0 Å². The maximum absolute atomic E-state index is 5.21. The van der Waals surface area contributed by atoms with Crippen LogP contribution in [0.2, 0.25) is 0 Å². The van der Waals surface area contributed by atoms with Crippen LogP contribution in [0.1, 0.15) is 4.88 Å². The SMILES string of the molecule is Cc1sc(N(c2ccccc2)c2ccc(N(c3ccccc3)c3sc(B(c4ccc(-c5cnc6c(ccc7ccccc76)c5)cc4)c4sc(N(c5ccccc5)c5ccccc5)c(-c5ccccc5)c4-c4ccccc4)c(-c4ccccc4)c3-c3ccccc3)cc2)c(-c2ccccc2)c1-c1ccccc1. The van der Waals surface area contributed by atoms with Crippen molar-refractivity contribution in [2.75, 3.05) is 14.7 Å². The zero-order valence-electron chi connectivity index (χ0n) is 58.2. The summed E-state index contributed by atoms with van der Waals surface area (Å²) in [5, 5.41) is 6.81. The first kappa shape index (κ1) is 65.3. The van der Waals surface area contributed by atoms with Crippen LogP contribution in [0.25, 0.3) is 99.6 Å². The molecule has 0 N–H and O–H groups in total. The molecule has 4 nitrogen and oxygen atoms in total. The second-order valence-electron chi connectivity index (χ2n) is 26.5. The van der Waals surface area contributed by atoms with Crippen molar-refractivity contribution in [3.05, 3.63) is 405 Å². The third-order valence-corrected chi connectivity index (χ3v) is 23.6. The summed E-state index contributed by atoms with van der Waals surface area (Å²) in [4.78, 5) is 13.9. The summed E-state index contributed by atoms with van der Waals surface area (Å²) in [6.07, 6.45) is 2.05. The Balaban J connectivity index is 0.907. The maximum Gasteiger partial charge on any atom is 0.268 e. The first-order chi connectivity index (χ1) is 52.6. The smallest absolute Gasteiger partial charge is 0.268 e. The second kappa shape index (κ2) is 29.2. The zero-order valence-corrected chi connectivity index (χ0v) is 60.6. The number of pyridine rings is 1. The number of rotatable bonds is 19. The Morgan fingerprint density at radius 2 is 0.547 bits per heavy atom. The van der Waals surface area contributed by atoms with Gasteiger partial charge in [0.25, 0.3) is 6.71 Å². The number of thiophene rings is 3. The Labute approximate surface area is 631 Å². The summed E-state index contributed by atoms with van der Waals surface area (Å²) in [5.41, 5.74) is 24.7. The first-order valence-electron chi connectivity index (χ1n) is 35.9. The van der Waals surface area contributed by atoms with E-state index in [0.29, 0.717) is 0 Å². The average molecular weight is 1410 g/mol. The van der Waals surface area contributed by atoms with Gasteiger partial charge in [0, 0.05) is 83.8 Å². The van der Waals surface area contributed by atoms with Gasteiger partial charge in [-0.1, -0.05) is 321 Å². The van der Waals surface area contributed by atoms with E-state index in [9.17, 15) is 0 Å². The lowest BCUT2D eigenvalue weighted by molar-refractivity contribution is 1.28. The van der Waals surface area contributed by atoms with Gasteiger partial charge in [-0.3, -0.25) is 4.98 Å². The molecule has 18 aromatic rings. The number of hydrogen-bond donors (Lipinski definition) is 0. The minimum Gasteiger partial charge on any atom is -0.301 e. The van der Waals surface area contributed by atoms with E-state index in [0.717, 1.165) is 115 Å². The molecule has 0 saturated heterocycles. The number of hydrogen-bond acceptors (Lipinski definition) is 7. The minimum atomic E-state index is -0.357. The van der Waals surface area contributed by atoms with Crippen molar-refractivity contribution in [3.8, 4) is 77.9 Å². The zero-order chi connectivity index (χ0) is 70.7. The van der Waals surface area contributed by atoms with Gasteiger partial charge in [0.1, 0.15) is 15.0 Å². The van der Waals surface area contributed by atoms with Crippen molar-refractivity contribution >= 4 is 127 Å². The number of benzene rings is 14. The standard InChI is InChI=1S/C98H69BN4S3/c1-68-87(71-35-12-2-13-36-71)90(74-41-18-5-19-42-74)96(104-68)102(82-51-28-10-29-52-82)84-62-64-85(65-63-84)103(83-53-30-11-31-54-83)98-92(76-45-22-7-23-46-76)89(73-39-16-4-17-40-73)95(106-98)99(79-60-58-69(59-61-79)78-66-77-57-56-70-34-32-33-55-86(70)93(77)100-67-78)94-88(72-37-14-3-15-38-72)91(75-43-20-6-21-44-75)97(105-94)101(80-47-24-8-25-48-80)81-49-26-9-27-50-81/h2-67H,1H3. The van der Waals surface area contributed by atoms with E-state index < -0.39 is 0 Å². The molecule has 0 aliphatic rings. The predicted molar refractivity (Wildman–Crippen MR) is 457 cm³/mol. The normalized spacial score (nSPS) is 11.3. The fraction of sp³-hybridized carbons (Fsp3) is 0.0102. The Morgan fingerprint density at radius 1 is 0.245 bits per heavy atom. The van der Waals surface area contributed by atoms with Crippen molar-refractivity contribution in [2.45, 2.75) is 6.92 Å². The Morgan fingerprint density at radius 3 is 0.934 bits per heavy atom. The monoisotopic (exact) mass is 1410 g/mol. The number of aromatic nitrogens is 1. The predicted octanol–water partition coefficient (Wildman–Crippen LogP) is 26.5. The van der Waals surface area contributed by atoms with Gasteiger partial charge in [-0.2, -0.15) is 0 Å². The van der Waals surface area contributed by atoms with Crippen LogP contribution in [0.4, 0.5) is 49.1 Å². The number of fused-ring (bicyclic) bond motifs is 3. The molecule has 0 aliphatic carbocycles. The summed E-state index contributed by atoms with van der Waals surface area (Å²) in [6.45, 7) is 1.91. The molecule has 8 heteroatoms. The molecule has 0 aliphatic heterocycles. The van der Waals surface area contributed by atoms with Gasteiger partial charge in [0.15, 0.2) is 0 Å². The van der Waals surface area contributed by atoms with E-state index >= 15 is 0 Å². The van der Waals surface area contributed by atoms with Crippen LogP contribution in [-0.4, -0.2) is 11.7 Å². The van der Waals surface area contributed by atoms with E-state index in [1.165, 1.54) is 53.2 Å². The van der Waals surface area contributed by atoms with Crippen molar-refractivity contribution in [2.24, 2.45) is 0 Å². The highest BCUT2D eigenvalue weighted by molar-refractivity contribution is 7.38. The van der Waals surface area contributed by atoms with Crippen LogP contribution in [0.15, 0.2) is 401 Å². The summed E-state index contributed by atoms with van der Waals surface area (Å²) in [5.74, 6) is 0. The largest absolute Gasteiger partial charge is 0.301 e. The van der Waals surface area contributed by atoms with Crippen LogP contribution in [-0.2, 0) is 0 Å². The van der Waals surface area contributed by atoms with E-state index in [1.807, 2.05) is 34.0 Å². The third kappa shape index (κ3) is 12.5. The van der Waals surface area contributed by atoms with Crippen LogP contribution in [0.3, 0.4) is 0 Å². The molecule has 0 atom stereocenters. The molecule has 18 rings (SSSR count). The first-order valence-corrected chi connectivity index (χ1v) is 38.4. The number of anilines is 9. The van der Waals surface area contributed by atoms with E-state index in [2.05, 4.69) is 422 Å². The van der Waals surface area contributed by atoms with Crippen molar-refractivity contribution < 1.29 is 0 Å². The lowest BCUT2D eigenvalue weighted by Crippen LogP contribution is -2.51. The number of para-hydroxylation sites is 4. The van der Waals surface area contributed by atoms with Crippen molar-refractivity contribution in [1.82, 2.24) is 4.98 Å². The fourth-order valence-corrected chi connectivity index (χ4v) is 19.5. The molecule has 502 valence electrons. The fourth-order valence-electron chi connectivity index (χ4n) is 15.2. The van der Waals surface area contributed by atoms with Crippen LogP contribution < -0.4 is 29.7 Å². The molecule has 4 aromatic heterocycles. The van der Waals surface area contributed by atoms with Gasteiger partial charge >= 0.3 is 0 Å². The molecule has 0 radical (unpaired) electrons. The summed E-state index contributed by atoms with van der Waals surface area (Å²) < 4.78 is 2.44. The quantitative estimate of drug-likeness (QED) is 0.0594. The molecule has 0 saturated carbocycles. The van der Waals surface area contributed by atoms with Gasteiger partial charge in [-0.05, 0) is 151 Å². The maximum atomic E-state index is 5.21. The third-order valence-electron chi connectivity index (χ3n) is 20.0. The van der Waals surface area contributed by atoms with Crippen molar-refractivity contribution in [1.29, 1.82) is 0 Å². The Hall–Kier alpha value is -12.7. The Bertz CT molecular complexity index is 6010. The molecule has 0 fully saturated rings. The lowest BCUT2D eigenvalue weighted by atomic mass is 9.41. The molecule has 106 heavy (non-hydrogen) atoms.